The predicted molar refractivity (Wildman–Crippen MR) is 102 cm³/mol. The Kier molecular flexibility index (Phi) is 6.71. The van der Waals surface area contributed by atoms with E-state index in [1.54, 1.807) is 11.9 Å². The molecule has 26 heavy (non-hydrogen) atoms. The smallest absolute Gasteiger partial charge is 0.237 e. The number of carbonyl (C=O) groups is 2. The van der Waals surface area contributed by atoms with Crippen LogP contribution in [0.25, 0.3) is 0 Å². The minimum absolute atomic E-state index is 0.0648. The number of carbonyl (C=O) groups excluding carboxylic acids is 2. The van der Waals surface area contributed by atoms with Crippen LogP contribution in [-0.2, 0) is 19.4 Å². The number of amides is 2. The number of hydrogen-bond acceptors (Lipinski definition) is 5. The van der Waals surface area contributed by atoms with Crippen LogP contribution in [0, 0.1) is 0 Å². The average molecular weight is 388 g/mol. The minimum atomic E-state index is -3.04. The Morgan fingerprint density at radius 2 is 1.65 bits per heavy atom. The van der Waals surface area contributed by atoms with E-state index < -0.39 is 9.84 Å². The van der Waals surface area contributed by atoms with Crippen LogP contribution in [0.3, 0.4) is 0 Å². The monoisotopic (exact) mass is 387 g/mol. The van der Waals surface area contributed by atoms with E-state index in [9.17, 15) is 18.0 Å². The molecular weight excluding hydrogens is 354 g/mol. The van der Waals surface area contributed by atoms with E-state index in [-0.39, 0.29) is 54.0 Å². The first-order chi connectivity index (χ1) is 12.0. The van der Waals surface area contributed by atoms with Gasteiger partial charge in [-0.25, -0.2) is 8.42 Å². The van der Waals surface area contributed by atoms with E-state index in [4.69, 9.17) is 0 Å². The van der Waals surface area contributed by atoms with Gasteiger partial charge in [0.05, 0.1) is 24.6 Å². The van der Waals surface area contributed by atoms with Crippen LogP contribution >= 0.6 is 0 Å². The quantitative estimate of drug-likeness (QED) is 0.728. The topological polar surface area (TPSA) is 86.8 Å². The molecule has 2 fully saturated rings. The zero-order valence-electron chi connectivity index (χ0n) is 16.5. The van der Waals surface area contributed by atoms with Gasteiger partial charge in [0.25, 0.3) is 0 Å². The van der Waals surface area contributed by atoms with Gasteiger partial charge in [-0.1, -0.05) is 12.8 Å². The first-order valence-electron chi connectivity index (χ1n) is 9.48. The third kappa shape index (κ3) is 6.23. The van der Waals surface area contributed by atoms with Crippen LogP contribution in [0.15, 0.2) is 0 Å². The molecule has 0 bridgehead atoms. The zero-order valence-corrected chi connectivity index (χ0v) is 17.3. The lowest BCUT2D eigenvalue weighted by molar-refractivity contribution is -0.137. The highest BCUT2D eigenvalue weighted by Crippen LogP contribution is 2.29. The van der Waals surface area contributed by atoms with E-state index >= 15 is 0 Å². The second-order valence-corrected chi connectivity index (χ2v) is 11.0. The third-order valence-corrected chi connectivity index (χ3v) is 6.69. The second kappa shape index (κ2) is 8.25. The van der Waals surface area contributed by atoms with Crippen LogP contribution in [-0.4, -0.2) is 79.3 Å². The fraction of sp³-hybridized carbons (Fsp3) is 0.889. The van der Waals surface area contributed by atoms with Crippen molar-refractivity contribution in [1.29, 1.82) is 0 Å². The zero-order chi connectivity index (χ0) is 19.5. The summed E-state index contributed by atoms with van der Waals surface area (Å²) in [4.78, 5) is 28.6. The van der Waals surface area contributed by atoms with E-state index in [0.717, 1.165) is 25.7 Å². The molecule has 0 aromatic heterocycles. The molecule has 0 unspecified atom stereocenters. The number of rotatable bonds is 6. The van der Waals surface area contributed by atoms with Crippen LogP contribution in [0.2, 0.25) is 0 Å². The average Bonchev–Trinajstić information content (AvgIpc) is 3.06. The Bertz CT molecular complexity index is 621. The summed E-state index contributed by atoms with van der Waals surface area (Å²) in [5.41, 5.74) is -0.310. The number of nitrogens with one attached hydrogen (secondary N) is 1. The molecule has 0 spiro atoms. The summed E-state index contributed by atoms with van der Waals surface area (Å²) in [5.74, 6) is 0.0512. The summed E-state index contributed by atoms with van der Waals surface area (Å²) < 4.78 is 23.8. The lowest BCUT2D eigenvalue weighted by atomic mass is 10.1. The maximum absolute atomic E-state index is 13.0. The van der Waals surface area contributed by atoms with Crippen molar-refractivity contribution in [2.24, 2.45) is 0 Å². The van der Waals surface area contributed by atoms with Crippen LogP contribution in [0.4, 0.5) is 0 Å². The molecule has 2 amide bonds. The fourth-order valence-electron chi connectivity index (χ4n) is 3.95. The lowest BCUT2D eigenvalue weighted by Crippen LogP contribution is -2.51. The standard InChI is InChI=1S/C18H33N3O4S/c1-18(2,3)19-16(22)11-20(4)12-17(23)21(14-7-5-6-8-14)15-9-10-26(24,25)13-15/h14-15H,5-13H2,1-4H3,(H,19,22)/t15-/m0/s1. The summed E-state index contributed by atoms with van der Waals surface area (Å²) in [6.07, 6.45) is 4.57. The van der Waals surface area contributed by atoms with Crippen LogP contribution in [0.5, 0.6) is 0 Å². The summed E-state index contributed by atoms with van der Waals surface area (Å²) in [6, 6.07) is -0.0787. The van der Waals surface area contributed by atoms with Crippen molar-refractivity contribution in [3.05, 3.63) is 0 Å². The van der Waals surface area contributed by atoms with Gasteiger partial charge >= 0.3 is 0 Å². The molecule has 8 heteroatoms. The minimum Gasteiger partial charge on any atom is -0.350 e. The first-order valence-corrected chi connectivity index (χ1v) is 11.3. The van der Waals surface area contributed by atoms with Gasteiger partial charge in [-0.15, -0.1) is 0 Å². The van der Waals surface area contributed by atoms with Gasteiger partial charge < -0.3 is 10.2 Å². The Labute approximate surface area is 157 Å². The number of sulfone groups is 1. The Hall–Kier alpha value is -1.15. The van der Waals surface area contributed by atoms with E-state index in [0.29, 0.717) is 6.42 Å². The molecule has 0 radical (unpaired) electrons. The molecule has 2 aliphatic rings. The second-order valence-electron chi connectivity index (χ2n) is 8.77. The fourth-order valence-corrected chi connectivity index (χ4v) is 5.67. The molecule has 7 nitrogen and oxygen atoms in total. The number of likely N-dealkylation sites (N-methyl/N-ethyl adjacent to an activating group) is 1. The molecule has 1 saturated heterocycles. The van der Waals surface area contributed by atoms with Crippen molar-refractivity contribution >= 4 is 21.7 Å². The molecule has 150 valence electrons. The van der Waals surface area contributed by atoms with Gasteiger partial charge in [-0.2, -0.15) is 0 Å². The van der Waals surface area contributed by atoms with Gasteiger partial charge in [0, 0.05) is 17.6 Å². The van der Waals surface area contributed by atoms with Crippen molar-refractivity contribution in [2.75, 3.05) is 31.6 Å². The normalized spacial score (nSPS) is 23.3. The SMILES string of the molecule is CN(CC(=O)NC(C)(C)C)CC(=O)N(C1CCCC1)[C@H]1CCS(=O)(=O)C1. The molecule has 0 aromatic rings. The number of hydrogen-bond donors (Lipinski definition) is 1. The van der Waals surface area contributed by atoms with Crippen molar-refractivity contribution in [3.8, 4) is 0 Å². The highest BCUT2D eigenvalue weighted by molar-refractivity contribution is 7.91. The van der Waals surface area contributed by atoms with Crippen molar-refractivity contribution < 1.29 is 18.0 Å². The van der Waals surface area contributed by atoms with Gasteiger partial charge in [-0.05, 0) is 47.1 Å². The molecule has 1 saturated carbocycles. The van der Waals surface area contributed by atoms with Crippen molar-refractivity contribution in [2.45, 2.75) is 70.5 Å². The van der Waals surface area contributed by atoms with Crippen molar-refractivity contribution in [1.82, 2.24) is 15.1 Å². The first kappa shape index (κ1) is 21.2. The van der Waals surface area contributed by atoms with Gasteiger partial charge in [0.1, 0.15) is 0 Å². The lowest BCUT2D eigenvalue weighted by Gasteiger charge is -2.35. The Morgan fingerprint density at radius 1 is 1.04 bits per heavy atom. The highest BCUT2D eigenvalue weighted by Gasteiger charge is 2.39. The molecule has 1 N–H and O–H groups in total. The van der Waals surface area contributed by atoms with E-state index in [2.05, 4.69) is 5.32 Å². The van der Waals surface area contributed by atoms with Gasteiger partial charge in [0.15, 0.2) is 9.84 Å². The molecule has 1 atom stereocenters. The molecule has 2 rings (SSSR count). The summed E-state index contributed by atoms with van der Waals surface area (Å²) in [7, 11) is -1.29. The largest absolute Gasteiger partial charge is 0.350 e. The van der Waals surface area contributed by atoms with Crippen LogP contribution < -0.4 is 5.32 Å². The summed E-state index contributed by atoms with van der Waals surface area (Å²) in [5, 5.41) is 2.89. The molecule has 1 heterocycles. The Balaban J connectivity index is 1.99. The molecule has 1 aliphatic heterocycles. The van der Waals surface area contributed by atoms with Gasteiger partial charge in [-0.3, -0.25) is 14.5 Å². The van der Waals surface area contributed by atoms with Crippen LogP contribution in [0.1, 0.15) is 52.9 Å². The van der Waals surface area contributed by atoms with Gasteiger partial charge in [0.2, 0.25) is 11.8 Å². The molecule has 1 aliphatic carbocycles. The van der Waals surface area contributed by atoms with E-state index in [1.807, 2.05) is 25.7 Å². The van der Waals surface area contributed by atoms with E-state index in [1.165, 1.54) is 0 Å². The maximum atomic E-state index is 13.0. The molecule has 0 aromatic carbocycles. The summed E-state index contributed by atoms with van der Waals surface area (Å²) >= 11 is 0. The number of nitrogens with zero attached hydrogens (tertiary/aromatic N) is 2. The predicted octanol–water partition coefficient (Wildman–Crippen LogP) is 0.791. The summed E-state index contributed by atoms with van der Waals surface area (Å²) in [6.45, 7) is 6.02. The Morgan fingerprint density at radius 3 is 2.15 bits per heavy atom. The van der Waals surface area contributed by atoms with Crippen molar-refractivity contribution in [3.63, 3.8) is 0 Å². The highest BCUT2D eigenvalue weighted by atomic mass is 32.2. The maximum Gasteiger partial charge on any atom is 0.237 e. The molecular formula is C18H33N3O4S. The third-order valence-electron chi connectivity index (χ3n) is 4.94.